The van der Waals surface area contributed by atoms with Gasteiger partial charge in [0.05, 0.1) is 18.4 Å². The number of nitrogens with one attached hydrogen (secondary N) is 1. The van der Waals surface area contributed by atoms with Gasteiger partial charge < -0.3 is 39.4 Å². The molecule has 1 aromatic carbocycles. The molecule has 0 saturated carbocycles. The van der Waals surface area contributed by atoms with Crippen LogP contribution < -0.4 is 10.9 Å². The molecule has 0 amide bonds. The second kappa shape index (κ2) is 9.12. The molecule has 12 heteroatoms. The highest BCUT2D eigenvalue weighted by Gasteiger charge is 2.39. The smallest absolute Gasteiger partial charge is 0.418 e. The lowest BCUT2D eigenvalue weighted by atomic mass is 10.0. The number of carbonyl (C=O) groups excluding carboxylic acids is 1. The Hall–Kier alpha value is -3.19. The van der Waals surface area contributed by atoms with Gasteiger partial charge in [-0.05, 0) is 24.3 Å². The van der Waals surface area contributed by atoms with Crippen molar-refractivity contribution >= 4 is 22.9 Å². The maximum Gasteiger partial charge on any atom is 0.418 e. The number of aliphatic hydroxyl groups is 4. The Kier molecular flexibility index (Phi) is 6.69. The Morgan fingerprint density at radius 3 is 2.41 bits per heavy atom. The average molecular weight is 457 g/mol. The SMILES string of the molecule is O=C[C@@H](Nc1ccc2c(C(F)(F)F)c(-c3ccco3)c(=O)oc2c1)[C@H](O)[C@@H](O)[C@@H](O)CO. The first-order chi connectivity index (χ1) is 15.1. The van der Waals surface area contributed by atoms with E-state index in [1.54, 1.807) is 0 Å². The van der Waals surface area contributed by atoms with Crippen molar-refractivity contribution in [2.24, 2.45) is 0 Å². The van der Waals surface area contributed by atoms with E-state index < -0.39 is 64.9 Å². The van der Waals surface area contributed by atoms with Crippen LogP contribution in [-0.2, 0) is 11.0 Å². The van der Waals surface area contributed by atoms with Gasteiger partial charge in [-0.15, -0.1) is 0 Å². The molecular formula is C20H18F3NO8. The molecule has 0 spiro atoms. The third-order valence-electron chi connectivity index (χ3n) is 4.74. The highest BCUT2D eigenvalue weighted by atomic mass is 19.4. The molecule has 2 aromatic heterocycles. The molecule has 0 unspecified atom stereocenters. The Bertz CT molecular complexity index is 1140. The van der Waals surface area contributed by atoms with Gasteiger partial charge in [-0.2, -0.15) is 13.2 Å². The van der Waals surface area contributed by atoms with Crippen LogP contribution in [0, 0.1) is 0 Å². The van der Waals surface area contributed by atoms with Gasteiger partial charge in [-0.25, -0.2) is 4.79 Å². The second-order valence-corrected chi connectivity index (χ2v) is 6.86. The van der Waals surface area contributed by atoms with Crippen molar-refractivity contribution in [2.45, 2.75) is 30.5 Å². The number of benzene rings is 1. The van der Waals surface area contributed by atoms with Crippen molar-refractivity contribution < 1.29 is 47.2 Å². The number of carbonyl (C=O) groups is 1. The monoisotopic (exact) mass is 457 g/mol. The van der Waals surface area contributed by atoms with E-state index in [1.165, 1.54) is 12.1 Å². The molecule has 2 heterocycles. The third-order valence-corrected chi connectivity index (χ3v) is 4.74. The van der Waals surface area contributed by atoms with Gasteiger partial charge >= 0.3 is 11.8 Å². The molecule has 0 radical (unpaired) electrons. The normalized spacial score (nSPS) is 15.8. The summed E-state index contributed by atoms with van der Waals surface area (Å²) in [6.07, 6.45) is -9.13. The largest absolute Gasteiger partial charge is 0.464 e. The number of hydrogen-bond acceptors (Lipinski definition) is 9. The first-order valence-corrected chi connectivity index (χ1v) is 9.17. The first-order valence-electron chi connectivity index (χ1n) is 9.17. The van der Waals surface area contributed by atoms with E-state index in [1.807, 2.05) is 0 Å². The molecule has 0 aliphatic carbocycles. The molecule has 32 heavy (non-hydrogen) atoms. The topological polar surface area (TPSA) is 153 Å². The van der Waals surface area contributed by atoms with Gasteiger partial charge in [0.2, 0.25) is 0 Å². The molecule has 3 aromatic rings. The quantitative estimate of drug-likeness (QED) is 0.247. The molecule has 5 N–H and O–H groups in total. The van der Waals surface area contributed by atoms with Crippen LogP contribution in [0.1, 0.15) is 5.56 Å². The van der Waals surface area contributed by atoms with Gasteiger partial charge in [0.15, 0.2) is 0 Å². The minimum absolute atomic E-state index is 0.0265. The highest BCUT2D eigenvalue weighted by Crippen LogP contribution is 2.40. The van der Waals surface area contributed by atoms with Gasteiger partial charge in [-0.1, -0.05) is 0 Å². The van der Waals surface area contributed by atoms with Crippen molar-refractivity contribution in [3.63, 3.8) is 0 Å². The first kappa shape index (κ1) is 23.5. The van der Waals surface area contributed by atoms with Crippen molar-refractivity contribution in [1.29, 1.82) is 0 Å². The zero-order valence-electron chi connectivity index (χ0n) is 16.1. The van der Waals surface area contributed by atoms with Gasteiger partial charge in [0.25, 0.3) is 0 Å². The number of fused-ring (bicyclic) bond motifs is 1. The maximum atomic E-state index is 13.8. The summed E-state index contributed by atoms with van der Waals surface area (Å²) >= 11 is 0. The van der Waals surface area contributed by atoms with E-state index >= 15 is 0 Å². The van der Waals surface area contributed by atoms with Crippen molar-refractivity contribution in [2.75, 3.05) is 11.9 Å². The summed E-state index contributed by atoms with van der Waals surface area (Å²) in [5.74, 6) is -0.323. The summed E-state index contributed by atoms with van der Waals surface area (Å²) in [7, 11) is 0. The van der Waals surface area contributed by atoms with Crippen LogP contribution in [0.2, 0.25) is 0 Å². The molecule has 0 saturated heterocycles. The minimum atomic E-state index is -4.93. The van der Waals surface area contributed by atoms with E-state index in [2.05, 4.69) is 5.32 Å². The summed E-state index contributed by atoms with van der Waals surface area (Å²) < 4.78 is 51.5. The van der Waals surface area contributed by atoms with E-state index in [0.717, 1.165) is 24.5 Å². The average Bonchev–Trinajstić information content (AvgIpc) is 3.28. The van der Waals surface area contributed by atoms with E-state index in [9.17, 15) is 38.1 Å². The highest BCUT2D eigenvalue weighted by molar-refractivity contribution is 5.89. The zero-order chi connectivity index (χ0) is 23.6. The predicted molar refractivity (Wildman–Crippen MR) is 104 cm³/mol. The lowest BCUT2D eigenvalue weighted by molar-refractivity contribution is -0.136. The summed E-state index contributed by atoms with van der Waals surface area (Å²) in [5, 5.41) is 40.1. The fourth-order valence-corrected chi connectivity index (χ4v) is 3.17. The van der Waals surface area contributed by atoms with Gasteiger partial charge in [-0.3, -0.25) is 0 Å². The van der Waals surface area contributed by atoms with E-state index in [0.29, 0.717) is 0 Å². The van der Waals surface area contributed by atoms with E-state index in [-0.39, 0.29) is 17.7 Å². The minimum Gasteiger partial charge on any atom is -0.464 e. The van der Waals surface area contributed by atoms with Crippen LogP contribution >= 0.6 is 0 Å². The third kappa shape index (κ3) is 4.53. The van der Waals surface area contributed by atoms with Gasteiger partial charge in [0.1, 0.15) is 47.5 Å². The number of anilines is 1. The van der Waals surface area contributed by atoms with Crippen LogP contribution in [0.25, 0.3) is 22.3 Å². The number of alkyl halides is 3. The van der Waals surface area contributed by atoms with Crippen LogP contribution in [0.3, 0.4) is 0 Å². The fourth-order valence-electron chi connectivity index (χ4n) is 3.17. The summed E-state index contributed by atoms with van der Waals surface area (Å²) in [5.41, 5.74) is -3.85. The number of hydrogen-bond donors (Lipinski definition) is 5. The van der Waals surface area contributed by atoms with Crippen LogP contribution in [0.4, 0.5) is 18.9 Å². The summed E-state index contributed by atoms with van der Waals surface area (Å²) in [6, 6.07) is 4.14. The lowest BCUT2D eigenvalue weighted by Crippen LogP contribution is -2.49. The van der Waals surface area contributed by atoms with E-state index in [4.69, 9.17) is 13.9 Å². The Labute approximate surface area is 177 Å². The molecular weight excluding hydrogens is 439 g/mol. The zero-order valence-corrected chi connectivity index (χ0v) is 16.1. The number of rotatable bonds is 8. The van der Waals surface area contributed by atoms with Gasteiger partial charge in [0, 0.05) is 17.1 Å². The maximum absolute atomic E-state index is 13.8. The standard InChI is InChI=1S/C20H18F3NO8/c21-20(22,23)16-10-4-3-9(24-11(7-25)17(28)18(29)12(27)8-26)6-14(10)32-19(30)15(16)13-2-1-5-31-13/h1-7,11-12,17-18,24,26-29H,8H2/t11-,12+,17+,18+/m1/s1. The Balaban J connectivity index is 2.05. The van der Waals surface area contributed by atoms with Crippen molar-refractivity contribution in [3.05, 3.63) is 52.6 Å². The predicted octanol–water partition coefficient (Wildman–Crippen LogP) is 1.13. The molecule has 3 rings (SSSR count). The fraction of sp³-hybridized carbons (Fsp3) is 0.300. The second-order valence-electron chi connectivity index (χ2n) is 6.86. The number of halogens is 3. The Morgan fingerprint density at radius 1 is 1.12 bits per heavy atom. The summed E-state index contributed by atoms with van der Waals surface area (Å²) in [6.45, 7) is -0.886. The van der Waals surface area contributed by atoms with Crippen LogP contribution in [-0.4, -0.2) is 57.7 Å². The number of furan rings is 1. The Morgan fingerprint density at radius 2 is 1.84 bits per heavy atom. The number of aliphatic hydroxyl groups excluding tert-OH is 4. The molecule has 0 aliphatic heterocycles. The molecule has 9 nitrogen and oxygen atoms in total. The molecule has 172 valence electrons. The van der Waals surface area contributed by atoms with Crippen molar-refractivity contribution in [1.82, 2.24) is 0 Å². The van der Waals surface area contributed by atoms with Crippen molar-refractivity contribution in [3.8, 4) is 11.3 Å². The molecule has 0 bridgehead atoms. The molecule has 4 atom stereocenters. The van der Waals surface area contributed by atoms with Crippen LogP contribution in [0.5, 0.6) is 0 Å². The molecule has 0 fully saturated rings. The lowest BCUT2D eigenvalue weighted by Gasteiger charge is -2.26. The number of aldehydes is 1. The molecule has 0 aliphatic rings. The van der Waals surface area contributed by atoms with Crippen LogP contribution in [0.15, 0.2) is 50.2 Å². The summed E-state index contributed by atoms with van der Waals surface area (Å²) in [4.78, 5) is 23.7.